The van der Waals surface area contributed by atoms with Crippen molar-refractivity contribution >= 4 is 21.4 Å². The number of hydrogen-bond acceptors (Lipinski definition) is 7. The Morgan fingerprint density at radius 2 is 1.89 bits per heavy atom. The van der Waals surface area contributed by atoms with E-state index in [1.807, 2.05) is 0 Å². The SMILES string of the molecule is CC(C)S(=O)(=O)c1ccccc1NC1=NC(N)([C@H]2CC[C@H](N)CC2)NC=C1F. The molecule has 9 heteroatoms. The van der Waals surface area contributed by atoms with Gasteiger partial charge in [0, 0.05) is 18.2 Å². The average Bonchev–Trinajstić information content (AvgIpc) is 2.65. The Morgan fingerprint density at radius 1 is 1.25 bits per heavy atom. The Kier molecular flexibility index (Phi) is 5.79. The smallest absolute Gasteiger partial charge is 0.187 e. The summed E-state index contributed by atoms with van der Waals surface area (Å²) in [5, 5.41) is 5.10. The topological polar surface area (TPSA) is 123 Å². The molecule has 1 aliphatic carbocycles. The Hall–Kier alpha value is -1.97. The highest BCUT2D eigenvalue weighted by Gasteiger charge is 2.39. The normalized spacial score (nSPS) is 28.4. The van der Waals surface area contributed by atoms with Crippen molar-refractivity contribution in [2.75, 3.05) is 5.32 Å². The van der Waals surface area contributed by atoms with Crippen LogP contribution >= 0.6 is 0 Å². The molecular formula is C19H28FN5O2S. The summed E-state index contributed by atoms with van der Waals surface area (Å²) in [6.45, 7) is 3.21. The molecule has 1 fully saturated rings. The highest BCUT2D eigenvalue weighted by atomic mass is 32.2. The lowest BCUT2D eigenvalue weighted by Gasteiger charge is -2.40. The molecule has 154 valence electrons. The number of nitrogens with zero attached hydrogens (tertiary/aromatic N) is 1. The number of rotatable bonds is 4. The molecular weight excluding hydrogens is 381 g/mol. The van der Waals surface area contributed by atoms with Crippen LogP contribution in [-0.2, 0) is 9.84 Å². The Balaban J connectivity index is 1.91. The van der Waals surface area contributed by atoms with Crippen LogP contribution in [0, 0.1) is 5.92 Å². The summed E-state index contributed by atoms with van der Waals surface area (Å²) in [6, 6.07) is 6.56. The molecule has 0 aromatic heterocycles. The van der Waals surface area contributed by atoms with E-state index >= 15 is 0 Å². The first kappa shape index (κ1) is 20.8. The largest absolute Gasteiger partial charge is 0.352 e. The van der Waals surface area contributed by atoms with Gasteiger partial charge in [-0.25, -0.2) is 17.8 Å². The number of para-hydroxylation sites is 1. The first-order valence-electron chi connectivity index (χ1n) is 9.51. The first-order chi connectivity index (χ1) is 13.1. The number of benzene rings is 1. The van der Waals surface area contributed by atoms with Gasteiger partial charge in [0.1, 0.15) is 0 Å². The molecule has 1 heterocycles. The third kappa shape index (κ3) is 4.06. The van der Waals surface area contributed by atoms with Crippen molar-refractivity contribution in [1.82, 2.24) is 5.32 Å². The zero-order valence-electron chi connectivity index (χ0n) is 16.2. The Labute approximate surface area is 165 Å². The van der Waals surface area contributed by atoms with Crippen LogP contribution in [0.4, 0.5) is 10.1 Å². The maximum absolute atomic E-state index is 14.5. The Morgan fingerprint density at radius 3 is 2.54 bits per heavy atom. The molecule has 3 rings (SSSR count). The molecule has 6 N–H and O–H groups in total. The predicted molar refractivity (Wildman–Crippen MR) is 109 cm³/mol. The van der Waals surface area contributed by atoms with Crippen LogP contribution in [-0.4, -0.2) is 31.3 Å². The van der Waals surface area contributed by atoms with E-state index in [-0.39, 0.29) is 28.4 Å². The number of sulfone groups is 1. The second-order valence-electron chi connectivity index (χ2n) is 7.75. The fourth-order valence-electron chi connectivity index (χ4n) is 3.57. The summed E-state index contributed by atoms with van der Waals surface area (Å²) in [6.07, 6.45) is 4.43. The minimum Gasteiger partial charge on any atom is -0.352 e. The molecule has 0 spiro atoms. The third-order valence-corrected chi connectivity index (χ3v) is 7.62. The number of anilines is 1. The van der Waals surface area contributed by atoms with E-state index in [1.165, 1.54) is 12.3 Å². The average molecular weight is 410 g/mol. The van der Waals surface area contributed by atoms with Crippen LogP contribution in [0.2, 0.25) is 0 Å². The van der Waals surface area contributed by atoms with Crippen molar-refractivity contribution in [2.24, 2.45) is 22.4 Å². The van der Waals surface area contributed by atoms with Gasteiger partial charge in [-0.1, -0.05) is 12.1 Å². The van der Waals surface area contributed by atoms with Crippen molar-refractivity contribution in [2.45, 2.75) is 61.5 Å². The summed E-state index contributed by atoms with van der Waals surface area (Å²) in [5.74, 6) is -1.87. The predicted octanol–water partition coefficient (Wildman–Crippen LogP) is 2.22. The summed E-state index contributed by atoms with van der Waals surface area (Å²) >= 11 is 0. The molecule has 0 amide bonds. The van der Waals surface area contributed by atoms with E-state index in [0.717, 1.165) is 25.7 Å². The van der Waals surface area contributed by atoms with Gasteiger partial charge >= 0.3 is 0 Å². The van der Waals surface area contributed by atoms with Crippen LogP contribution in [0.1, 0.15) is 39.5 Å². The van der Waals surface area contributed by atoms with Crippen molar-refractivity contribution in [3.63, 3.8) is 0 Å². The molecule has 1 saturated carbocycles. The zero-order valence-corrected chi connectivity index (χ0v) is 17.0. The monoisotopic (exact) mass is 409 g/mol. The van der Waals surface area contributed by atoms with E-state index < -0.39 is 26.7 Å². The number of nitrogens with one attached hydrogen (secondary N) is 2. The first-order valence-corrected chi connectivity index (χ1v) is 11.1. The highest BCUT2D eigenvalue weighted by Crippen LogP contribution is 2.33. The zero-order chi connectivity index (χ0) is 20.5. The number of hydrogen-bond donors (Lipinski definition) is 4. The van der Waals surface area contributed by atoms with Gasteiger partial charge in [-0.2, -0.15) is 0 Å². The second-order valence-corrected chi connectivity index (χ2v) is 10.2. The molecule has 0 bridgehead atoms. The lowest BCUT2D eigenvalue weighted by Crippen LogP contribution is -2.59. The van der Waals surface area contributed by atoms with Gasteiger partial charge in [-0.05, 0) is 51.7 Å². The standard InChI is InChI=1S/C19H28FN5O2S/c1-12(2)28(26,27)17-6-4-3-5-16(17)24-18-15(20)11-23-19(22,25-18)13-7-9-14(21)10-8-13/h3-6,11-14,23H,7-10,21-22H2,1-2H3,(H,24,25)/t13-,14-,19?. The van der Waals surface area contributed by atoms with Crippen LogP contribution in [0.25, 0.3) is 0 Å². The minimum absolute atomic E-state index is 0.00286. The van der Waals surface area contributed by atoms with E-state index in [4.69, 9.17) is 11.5 Å². The van der Waals surface area contributed by atoms with E-state index in [1.54, 1.807) is 32.0 Å². The van der Waals surface area contributed by atoms with Crippen molar-refractivity contribution in [3.05, 3.63) is 36.3 Å². The molecule has 28 heavy (non-hydrogen) atoms. The van der Waals surface area contributed by atoms with Crippen molar-refractivity contribution in [1.29, 1.82) is 0 Å². The molecule has 1 unspecified atom stereocenters. The van der Waals surface area contributed by atoms with Crippen LogP contribution in [0.3, 0.4) is 0 Å². The fourth-order valence-corrected chi connectivity index (χ4v) is 4.78. The summed E-state index contributed by atoms with van der Waals surface area (Å²) in [7, 11) is -3.55. The van der Waals surface area contributed by atoms with E-state index in [9.17, 15) is 12.8 Å². The van der Waals surface area contributed by atoms with Gasteiger partial charge in [0.05, 0.1) is 15.8 Å². The number of aliphatic imine (C=N–C) groups is 1. The molecule has 0 radical (unpaired) electrons. The summed E-state index contributed by atoms with van der Waals surface area (Å²) in [4.78, 5) is 4.50. The minimum atomic E-state index is -3.55. The number of nitrogens with two attached hydrogens (primary N) is 2. The molecule has 7 nitrogen and oxygen atoms in total. The summed E-state index contributed by atoms with van der Waals surface area (Å²) < 4.78 is 39.8. The van der Waals surface area contributed by atoms with Gasteiger partial charge in [-0.15, -0.1) is 0 Å². The van der Waals surface area contributed by atoms with Gasteiger partial charge < -0.3 is 16.4 Å². The third-order valence-electron chi connectivity index (χ3n) is 5.41. The van der Waals surface area contributed by atoms with Gasteiger partial charge in [0.15, 0.2) is 27.3 Å². The number of halogens is 1. The second kappa shape index (κ2) is 7.81. The van der Waals surface area contributed by atoms with Crippen LogP contribution in [0.15, 0.2) is 46.2 Å². The lowest BCUT2D eigenvalue weighted by molar-refractivity contribution is 0.177. The Bertz CT molecular complexity index is 891. The van der Waals surface area contributed by atoms with Gasteiger partial charge in [0.2, 0.25) is 0 Å². The van der Waals surface area contributed by atoms with E-state index in [2.05, 4.69) is 15.6 Å². The molecule has 1 atom stereocenters. The maximum atomic E-state index is 14.5. The maximum Gasteiger partial charge on any atom is 0.187 e. The molecule has 0 saturated heterocycles. The highest BCUT2D eigenvalue weighted by molar-refractivity contribution is 7.92. The van der Waals surface area contributed by atoms with E-state index in [0.29, 0.717) is 0 Å². The van der Waals surface area contributed by atoms with Gasteiger partial charge in [-0.3, -0.25) is 5.73 Å². The van der Waals surface area contributed by atoms with Crippen molar-refractivity contribution < 1.29 is 12.8 Å². The van der Waals surface area contributed by atoms with Crippen LogP contribution < -0.4 is 22.1 Å². The van der Waals surface area contributed by atoms with Crippen LogP contribution in [0.5, 0.6) is 0 Å². The van der Waals surface area contributed by atoms with Crippen molar-refractivity contribution in [3.8, 4) is 0 Å². The molecule has 1 aromatic rings. The molecule has 1 aliphatic heterocycles. The lowest BCUT2D eigenvalue weighted by atomic mass is 9.82. The molecule has 2 aliphatic rings. The summed E-state index contributed by atoms with van der Waals surface area (Å²) in [5.41, 5.74) is 12.7. The molecule has 1 aromatic carbocycles. The fraction of sp³-hybridized carbons (Fsp3) is 0.526. The van der Waals surface area contributed by atoms with Gasteiger partial charge in [0.25, 0.3) is 0 Å². The quantitative estimate of drug-likeness (QED) is 0.605. The number of amidine groups is 1.